The summed E-state index contributed by atoms with van der Waals surface area (Å²) in [5.41, 5.74) is 5.56. The van der Waals surface area contributed by atoms with Gasteiger partial charge in [-0.1, -0.05) is 80.1 Å². The maximum atomic E-state index is 4.83. The van der Waals surface area contributed by atoms with Crippen LogP contribution in [0.4, 0.5) is 5.82 Å². The molecule has 2 aromatic carbocycles. The summed E-state index contributed by atoms with van der Waals surface area (Å²) in [6.07, 6.45) is 2.05. The molecule has 26 heavy (non-hydrogen) atoms. The van der Waals surface area contributed by atoms with Crippen molar-refractivity contribution in [3.63, 3.8) is 0 Å². The first kappa shape index (κ1) is 17.7. The van der Waals surface area contributed by atoms with Crippen molar-refractivity contribution in [2.24, 2.45) is 0 Å². The van der Waals surface area contributed by atoms with Gasteiger partial charge in [0, 0.05) is 18.3 Å². The Labute approximate surface area is 155 Å². The van der Waals surface area contributed by atoms with Gasteiger partial charge in [-0.15, -0.1) is 0 Å². The minimum atomic E-state index is 0.766. The molecular formula is C23H25N3. The van der Waals surface area contributed by atoms with Crippen molar-refractivity contribution in [3.8, 4) is 11.3 Å². The Morgan fingerprint density at radius 3 is 2.27 bits per heavy atom. The van der Waals surface area contributed by atoms with E-state index < -0.39 is 0 Å². The molecule has 4 rings (SSSR count). The molecule has 0 aliphatic heterocycles. The third-order valence-corrected chi connectivity index (χ3v) is 4.16. The third kappa shape index (κ3) is 3.77. The van der Waals surface area contributed by atoms with E-state index in [1.165, 1.54) is 11.1 Å². The third-order valence-electron chi connectivity index (χ3n) is 4.16. The number of nitrogens with one attached hydrogen (secondary N) is 1. The molecule has 0 radical (unpaired) electrons. The van der Waals surface area contributed by atoms with Crippen molar-refractivity contribution in [2.45, 2.75) is 27.3 Å². The van der Waals surface area contributed by atoms with Gasteiger partial charge in [0.15, 0.2) is 0 Å². The molecule has 4 aromatic rings. The standard InChI is InChI=1S/C21H19N3.C2H6/c1-16-10-12-18(13-11-16)20-21(22-15-17-7-3-2-4-8-17)24-14-6-5-9-19(24)23-20;1-2/h2-14,22H,15H2,1H3;1-2H3. The lowest BCUT2D eigenvalue weighted by molar-refractivity contribution is 1.08. The summed E-state index contributed by atoms with van der Waals surface area (Å²) >= 11 is 0. The molecule has 2 heterocycles. The molecule has 0 fully saturated rings. The summed E-state index contributed by atoms with van der Waals surface area (Å²) in [6, 6.07) is 25.0. The van der Waals surface area contributed by atoms with Crippen LogP contribution in [0.25, 0.3) is 16.9 Å². The monoisotopic (exact) mass is 343 g/mol. The van der Waals surface area contributed by atoms with Gasteiger partial charge in [-0.25, -0.2) is 4.98 Å². The summed E-state index contributed by atoms with van der Waals surface area (Å²) < 4.78 is 2.11. The molecule has 0 saturated carbocycles. The number of hydrogen-bond donors (Lipinski definition) is 1. The van der Waals surface area contributed by atoms with Gasteiger partial charge < -0.3 is 5.32 Å². The number of aromatic nitrogens is 2. The van der Waals surface area contributed by atoms with Crippen LogP contribution >= 0.6 is 0 Å². The van der Waals surface area contributed by atoms with Crippen LogP contribution in [0.15, 0.2) is 79.0 Å². The minimum absolute atomic E-state index is 0.766. The molecule has 0 spiro atoms. The highest BCUT2D eigenvalue weighted by atomic mass is 15.1. The van der Waals surface area contributed by atoms with Gasteiger partial charge >= 0.3 is 0 Å². The van der Waals surface area contributed by atoms with Crippen LogP contribution in [0.3, 0.4) is 0 Å². The van der Waals surface area contributed by atoms with E-state index in [2.05, 4.69) is 65.2 Å². The largest absolute Gasteiger partial charge is 0.365 e. The van der Waals surface area contributed by atoms with Crippen LogP contribution in [-0.4, -0.2) is 9.38 Å². The Bertz CT molecular complexity index is 954. The Morgan fingerprint density at radius 1 is 0.846 bits per heavy atom. The normalized spacial score (nSPS) is 10.3. The predicted octanol–water partition coefficient (Wildman–Crippen LogP) is 5.95. The molecule has 0 atom stereocenters. The number of benzene rings is 2. The van der Waals surface area contributed by atoms with E-state index in [-0.39, 0.29) is 0 Å². The number of hydrogen-bond acceptors (Lipinski definition) is 2. The molecule has 1 N–H and O–H groups in total. The van der Waals surface area contributed by atoms with Crippen LogP contribution < -0.4 is 5.32 Å². The van der Waals surface area contributed by atoms with Gasteiger partial charge in [0.25, 0.3) is 0 Å². The second kappa shape index (κ2) is 8.34. The molecule has 0 aliphatic carbocycles. The van der Waals surface area contributed by atoms with Crippen molar-refractivity contribution in [3.05, 3.63) is 90.1 Å². The zero-order chi connectivity index (χ0) is 18.4. The van der Waals surface area contributed by atoms with Gasteiger partial charge in [0.1, 0.15) is 17.2 Å². The zero-order valence-corrected chi connectivity index (χ0v) is 15.6. The number of nitrogens with zero attached hydrogens (tertiary/aromatic N) is 2. The van der Waals surface area contributed by atoms with E-state index in [0.29, 0.717) is 0 Å². The lowest BCUT2D eigenvalue weighted by Gasteiger charge is -2.09. The zero-order valence-electron chi connectivity index (χ0n) is 15.6. The summed E-state index contributed by atoms with van der Waals surface area (Å²) in [7, 11) is 0. The summed E-state index contributed by atoms with van der Waals surface area (Å²) in [6.45, 7) is 6.87. The predicted molar refractivity (Wildman–Crippen MR) is 110 cm³/mol. The average molecular weight is 343 g/mol. The minimum Gasteiger partial charge on any atom is -0.365 e. The van der Waals surface area contributed by atoms with Gasteiger partial charge in [-0.3, -0.25) is 4.40 Å². The Balaban J connectivity index is 0.000000948. The van der Waals surface area contributed by atoms with Gasteiger partial charge in [0.2, 0.25) is 0 Å². The molecule has 132 valence electrons. The van der Waals surface area contributed by atoms with E-state index in [1.807, 2.05) is 44.3 Å². The number of rotatable bonds is 4. The quantitative estimate of drug-likeness (QED) is 0.496. The highest BCUT2D eigenvalue weighted by Gasteiger charge is 2.13. The smallest absolute Gasteiger partial charge is 0.139 e. The van der Waals surface area contributed by atoms with Crippen molar-refractivity contribution in [2.75, 3.05) is 5.32 Å². The van der Waals surface area contributed by atoms with Crippen LogP contribution in [0.2, 0.25) is 0 Å². The van der Waals surface area contributed by atoms with Crippen LogP contribution in [-0.2, 0) is 6.54 Å². The number of imidazole rings is 1. The molecule has 3 nitrogen and oxygen atoms in total. The summed E-state index contributed by atoms with van der Waals surface area (Å²) in [5, 5.41) is 3.57. The molecule has 3 heteroatoms. The summed E-state index contributed by atoms with van der Waals surface area (Å²) in [5.74, 6) is 1.03. The van der Waals surface area contributed by atoms with E-state index in [1.54, 1.807) is 0 Å². The molecule has 0 saturated heterocycles. The van der Waals surface area contributed by atoms with Gasteiger partial charge in [-0.05, 0) is 24.6 Å². The van der Waals surface area contributed by atoms with Gasteiger partial charge in [0.05, 0.1) is 0 Å². The van der Waals surface area contributed by atoms with Crippen molar-refractivity contribution in [1.29, 1.82) is 0 Å². The topological polar surface area (TPSA) is 29.3 Å². The number of aryl methyl sites for hydroxylation is 1. The number of fused-ring (bicyclic) bond motifs is 1. The Hall–Kier alpha value is -3.07. The maximum absolute atomic E-state index is 4.83. The Morgan fingerprint density at radius 2 is 1.54 bits per heavy atom. The molecule has 0 unspecified atom stereocenters. The molecular weight excluding hydrogens is 318 g/mol. The van der Waals surface area contributed by atoms with Crippen LogP contribution in [0.1, 0.15) is 25.0 Å². The van der Waals surface area contributed by atoms with E-state index in [4.69, 9.17) is 4.98 Å². The molecule has 0 amide bonds. The van der Waals surface area contributed by atoms with Crippen LogP contribution in [0.5, 0.6) is 0 Å². The first-order valence-electron chi connectivity index (χ1n) is 9.13. The van der Waals surface area contributed by atoms with E-state index in [0.717, 1.165) is 29.3 Å². The summed E-state index contributed by atoms with van der Waals surface area (Å²) in [4.78, 5) is 4.83. The Kier molecular flexibility index (Phi) is 5.69. The van der Waals surface area contributed by atoms with Crippen molar-refractivity contribution < 1.29 is 0 Å². The first-order chi connectivity index (χ1) is 12.8. The average Bonchev–Trinajstić information content (AvgIpc) is 3.08. The molecule has 0 bridgehead atoms. The van der Waals surface area contributed by atoms with Crippen molar-refractivity contribution in [1.82, 2.24) is 9.38 Å². The number of pyridine rings is 1. The second-order valence-electron chi connectivity index (χ2n) is 5.94. The van der Waals surface area contributed by atoms with Gasteiger partial charge in [-0.2, -0.15) is 0 Å². The fraction of sp³-hybridized carbons (Fsp3) is 0.174. The SMILES string of the molecule is CC.Cc1ccc(-c2nc3ccccn3c2NCc2ccccc2)cc1. The molecule has 0 aliphatic rings. The highest BCUT2D eigenvalue weighted by Crippen LogP contribution is 2.29. The maximum Gasteiger partial charge on any atom is 0.139 e. The number of anilines is 1. The lowest BCUT2D eigenvalue weighted by Crippen LogP contribution is -2.03. The fourth-order valence-corrected chi connectivity index (χ4v) is 2.86. The van der Waals surface area contributed by atoms with Crippen LogP contribution in [0, 0.1) is 6.92 Å². The lowest BCUT2D eigenvalue weighted by atomic mass is 10.1. The van der Waals surface area contributed by atoms with E-state index >= 15 is 0 Å². The second-order valence-corrected chi connectivity index (χ2v) is 5.94. The highest BCUT2D eigenvalue weighted by molar-refractivity contribution is 5.76. The molecule has 2 aromatic heterocycles. The first-order valence-corrected chi connectivity index (χ1v) is 9.13. The van der Waals surface area contributed by atoms with E-state index in [9.17, 15) is 0 Å². The van der Waals surface area contributed by atoms with Crippen molar-refractivity contribution >= 4 is 11.5 Å². The fourth-order valence-electron chi connectivity index (χ4n) is 2.86.